The third kappa shape index (κ3) is 3.74. The lowest BCUT2D eigenvalue weighted by Crippen LogP contribution is -2.30. The van der Waals surface area contributed by atoms with Crippen molar-refractivity contribution in [3.8, 4) is 11.5 Å². The molecule has 3 aromatic heterocycles. The molecule has 1 saturated heterocycles. The molecule has 1 atom stereocenters. The summed E-state index contributed by atoms with van der Waals surface area (Å²) < 4.78 is 12.6. The molecule has 0 saturated carbocycles. The second kappa shape index (κ2) is 9.18. The number of benzene rings is 1. The van der Waals surface area contributed by atoms with Crippen molar-refractivity contribution in [2.24, 2.45) is 0 Å². The van der Waals surface area contributed by atoms with Gasteiger partial charge in [-0.25, -0.2) is 9.97 Å². The smallest absolute Gasteiger partial charge is 0.295 e. The van der Waals surface area contributed by atoms with Crippen molar-refractivity contribution in [1.82, 2.24) is 14.3 Å². The number of hydrogen-bond acceptors (Lipinski definition) is 6. The molecule has 0 radical (unpaired) electrons. The third-order valence-electron chi connectivity index (χ3n) is 6.30. The van der Waals surface area contributed by atoms with Crippen LogP contribution in [0.3, 0.4) is 0 Å². The van der Waals surface area contributed by atoms with Crippen LogP contribution in [0, 0.1) is 6.92 Å². The van der Waals surface area contributed by atoms with E-state index in [1.807, 2.05) is 12.1 Å². The van der Waals surface area contributed by atoms with Crippen molar-refractivity contribution >= 4 is 23.1 Å². The minimum Gasteiger partial charge on any atom is -0.871 e. The van der Waals surface area contributed by atoms with Crippen LogP contribution >= 0.6 is 0 Å². The van der Waals surface area contributed by atoms with Gasteiger partial charge in [0.2, 0.25) is 5.78 Å². The van der Waals surface area contributed by atoms with E-state index in [2.05, 4.69) is 9.97 Å². The number of imidazole rings is 1. The number of likely N-dealkylation sites (tertiary alicyclic amines) is 1. The monoisotopic (exact) mass is 484 g/mol. The first-order valence-corrected chi connectivity index (χ1v) is 11.3. The summed E-state index contributed by atoms with van der Waals surface area (Å²) in [6, 6.07) is 13.1. The van der Waals surface area contributed by atoms with Crippen LogP contribution in [0.2, 0.25) is 0 Å². The lowest BCUT2D eigenvalue weighted by molar-refractivity contribution is -0.378. The quantitative estimate of drug-likeness (QED) is 0.235. The van der Waals surface area contributed by atoms with Crippen LogP contribution in [0.1, 0.15) is 28.6 Å². The van der Waals surface area contributed by atoms with E-state index < -0.39 is 23.5 Å². The van der Waals surface area contributed by atoms with Gasteiger partial charge < -0.3 is 23.9 Å². The van der Waals surface area contributed by atoms with Crippen molar-refractivity contribution < 1.29 is 29.2 Å². The van der Waals surface area contributed by atoms with Crippen molar-refractivity contribution in [3.05, 3.63) is 95.2 Å². The summed E-state index contributed by atoms with van der Waals surface area (Å²) >= 11 is 0. The Morgan fingerprint density at radius 3 is 2.67 bits per heavy atom. The molecule has 0 aliphatic carbocycles. The fraction of sp³-hybridized carbons (Fsp3) is 0.185. The minimum atomic E-state index is -0.989. The molecule has 1 aliphatic heterocycles. The van der Waals surface area contributed by atoms with Gasteiger partial charge >= 0.3 is 0 Å². The first kappa shape index (κ1) is 23.1. The Hall–Kier alpha value is -4.66. The predicted molar refractivity (Wildman–Crippen MR) is 128 cm³/mol. The highest BCUT2D eigenvalue weighted by molar-refractivity contribution is 6.46. The third-order valence-corrected chi connectivity index (χ3v) is 6.30. The minimum absolute atomic E-state index is 0.107. The Morgan fingerprint density at radius 1 is 1.11 bits per heavy atom. The SMILES string of the molecule is COc1ccc(OC)c(C2C(=C([O-])c3c(C)nc4ccccn34)C(=O)C(=O)N2Cc2ccc[nH+]c2)c1. The Balaban J connectivity index is 1.77. The average Bonchev–Trinajstić information content (AvgIpc) is 3.36. The van der Waals surface area contributed by atoms with Crippen LogP contribution < -0.4 is 19.6 Å². The van der Waals surface area contributed by atoms with E-state index >= 15 is 0 Å². The van der Waals surface area contributed by atoms with Crippen LogP contribution in [-0.2, 0) is 16.1 Å². The number of rotatable bonds is 6. The fourth-order valence-electron chi connectivity index (χ4n) is 4.65. The van der Waals surface area contributed by atoms with E-state index in [0.29, 0.717) is 28.4 Å². The molecule has 1 aromatic carbocycles. The van der Waals surface area contributed by atoms with Crippen LogP contribution in [0.4, 0.5) is 0 Å². The number of methoxy groups -OCH3 is 2. The van der Waals surface area contributed by atoms with E-state index in [4.69, 9.17) is 9.47 Å². The topological polar surface area (TPSA) is 110 Å². The zero-order chi connectivity index (χ0) is 25.4. The number of hydrogen-bond donors (Lipinski definition) is 0. The molecule has 1 aliphatic rings. The second-order valence-electron chi connectivity index (χ2n) is 8.40. The standard InChI is InChI=1S/C27H24N4O5/c1-16-23(30-12-5-4-8-21(30)29-16)25(32)22-24(19-13-18(35-2)9-10-20(19)36-3)31(27(34)26(22)33)15-17-7-6-11-28-14-17/h4-14,24,32H,15H2,1-3H3. The van der Waals surface area contributed by atoms with Crippen molar-refractivity contribution in [2.45, 2.75) is 19.5 Å². The molecule has 5 rings (SSSR count). The van der Waals surface area contributed by atoms with Crippen LogP contribution in [0.25, 0.3) is 11.4 Å². The number of Topliss-reactive ketones (excluding diaryl/α,β-unsaturated/α-hetero) is 1. The number of H-pyrrole nitrogens is 1. The predicted octanol–water partition coefficient (Wildman–Crippen LogP) is 1.90. The lowest BCUT2D eigenvalue weighted by atomic mass is 9.95. The number of carbonyl (C=O) groups is 2. The molecule has 4 heterocycles. The second-order valence-corrected chi connectivity index (χ2v) is 8.40. The highest BCUT2D eigenvalue weighted by Crippen LogP contribution is 2.44. The molecule has 1 N–H and O–H groups in total. The Bertz CT molecular complexity index is 1510. The number of carbonyl (C=O) groups excluding carboxylic acids is 2. The van der Waals surface area contributed by atoms with Gasteiger partial charge in [-0.05, 0) is 43.3 Å². The number of nitrogens with zero attached hydrogens (tertiary/aromatic N) is 3. The first-order valence-electron chi connectivity index (χ1n) is 11.3. The molecule has 0 bridgehead atoms. The molecular formula is C27H24N4O5. The maximum Gasteiger partial charge on any atom is 0.295 e. The molecule has 9 nitrogen and oxygen atoms in total. The van der Waals surface area contributed by atoms with Gasteiger partial charge in [-0.1, -0.05) is 11.8 Å². The summed E-state index contributed by atoms with van der Waals surface area (Å²) in [4.78, 5) is 35.7. The van der Waals surface area contributed by atoms with E-state index in [1.165, 1.54) is 19.1 Å². The number of ketones is 1. The molecular weight excluding hydrogens is 460 g/mol. The Morgan fingerprint density at radius 2 is 1.94 bits per heavy atom. The molecule has 4 aromatic rings. The first-order chi connectivity index (χ1) is 17.4. The average molecular weight is 485 g/mol. The highest BCUT2D eigenvalue weighted by atomic mass is 16.5. The van der Waals surface area contributed by atoms with Crippen molar-refractivity contribution in [2.75, 3.05) is 14.2 Å². The normalized spacial score (nSPS) is 17.1. The number of aromatic amines is 1. The number of pyridine rings is 2. The molecule has 1 amide bonds. The van der Waals surface area contributed by atoms with E-state index in [9.17, 15) is 14.7 Å². The van der Waals surface area contributed by atoms with Gasteiger partial charge in [0.25, 0.3) is 5.91 Å². The summed E-state index contributed by atoms with van der Waals surface area (Å²) in [5.74, 6) is -1.23. The number of aryl methyl sites for hydroxylation is 1. The largest absolute Gasteiger partial charge is 0.871 e. The summed E-state index contributed by atoms with van der Waals surface area (Å²) in [6.45, 7) is 1.82. The van der Waals surface area contributed by atoms with Gasteiger partial charge in [0.15, 0.2) is 12.4 Å². The molecule has 1 fully saturated rings. The molecule has 182 valence electrons. The molecule has 9 heteroatoms. The van der Waals surface area contributed by atoms with E-state index in [0.717, 1.165) is 5.56 Å². The fourth-order valence-corrected chi connectivity index (χ4v) is 4.65. The maximum absolute atomic E-state index is 14.1. The molecule has 1 unspecified atom stereocenters. The number of ether oxygens (including phenoxy) is 2. The number of aromatic nitrogens is 3. The lowest BCUT2D eigenvalue weighted by Gasteiger charge is -2.28. The highest BCUT2D eigenvalue weighted by Gasteiger charge is 2.46. The van der Waals surface area contributed by atoms with Gasteiger partial charge in [-0.15, -0.1) is 0 Å². The van der Waals surface area contributed by atoms with Crippen LogP contribution in [-0.4, -0.2) is 40.2 Å². The molecule has 36 heavy (non-hydrogen) atoms. The summed E-state index contributed by atoms with van der Waals surface area (Å²) in [6.07, 6.45) is 5.20. The number of nitrogens with one attached hydrogen (secondary N) is 1. The van der Waals surface area contributed by atoms with Gasteiger partial charge in [0.1, 0.15) is 17.1 Å². The zero-order valence-corrected chi connectivity index (χ0v) is 20.0. The van der Waals surface area contributed by atoms with Crippen molar-refractivity contribution in [3.63, 3.8) is 0 Å². The Labute approximate surface area is 207 Å². The Kier molecular flexibility index (Phi) is 5.89. The number of fused-ring (bicyclic) bond motifs is 1. The van der Waals surface area contributed by atoms with Crippen molar-refractivity contribution in [1.29, 1.82) is 0 Å². The summed E-state index contributed by atoms with van der Waals surface area (Å²) in [5, 5.41) is 14.1. The van der Waals surface area contributed by atoms with Gasteiger partial charge in [-0.2, -0.15) is 0 Å². The van der Waals surface area contributed by atoms with Gasteiger partial charge in [0.05, 0.1) is 38.2 Å². The van der Waals surface area contributed by atoms with E-state index in [1.54, 1.807) is 66.3 Å². The van der Waals surface area contributed by atoms with Crippen LogP contribution in [0.5, 0.6) is 11.5 Å². The van der Waals surface area contributed by atoms with Gasteiger partial charge in [0, 0.05) is 29.0 Å². The number of amides is 1. The van der Waals surface area contributed by atoms with Crippen LogP contribution in [0.15, 0.2) is 72.7 Å². The zero-order valence-electron chi connectivity index (χ0n) is 20.0. The summed E-state index contributed by atoms with van der Waals surface area (Å²) in [5.41, 5.74) is 2.37. The van der Waals surface area contributed by atoms with Gasteiger partial charge in [-0.3, -0.25) is 9.59 Å². The summed E-state index contributed by atoms with van der Waals surface area (Å²) in [7, 11) is 3.02. The molecule has 0 spiro atoms. The van der Waals surface area contributed by atoms with E-state index in [-0.39, 0.29) is 17.8 Å². The maximum atomic E-state index is 14.1.